The molecule has 7 heteroatoms. The number of carbonyl (C=O) groups excluding carboxylic acids is 1. The van der Waals surface area contributed by atoms with Gasteiger partial charge in [-0.15, -0.1) is 11.3 Å². The molecule has 0 atom stereocenters. The van der Waals surface area contributed by atoms with Crippen molar-refractivity contribution in [3.8, 4) is 11.3 Å². The van der Waals surface area contributed by atoms with E-state index in [1.54, 1.807) is 23.7 Å². The summed E-state index contributed by atoms with van der Waals surface area (Å²) in [6.45, 7) is 1.70. The lowest BCUT2D eigenvalue weighted by Crippen LogP contribution is -2.36. The first-order chi connectivity index (χ1) is 11.3. The van der Waals surface area contributed by atoms with E-state index < -0.39 is 0 Å². The van der Waals surface area contributed by atoms with E-state index in [0.29, 0.717) is 19.6 Å². The third-order valence-corrected chi connectivity index (χ3v) is 4.12. The average molecular weight is 327 g/mol. The summed E-state index contributed by atoms with van der Waals surface area (Å²) in [5.41, 5.74) is 1.93. The van der Waals surface area contributed by atoms with Gasteiger partial charge in [0, 0.05) is 35.6 Å². The van der Waals surface area contributed by atoms with Gasteiger partial charge in [0.15, 0.2) is 0 Å². The molecule has 0 aliphatic rings. The molecule has 0 unspecified atom stereocenters. The maximum absolute atomic E-state index is 11.7. The van der Waals surface area contributed by atoms with Gasteiger partial charge in [-0.05, 0) is 29.6 Å². The Morgan fingerprint density at radius 1 is 1.17 bits per heavy atom. The zero-order chi connectivity index (χ0) is 15.9. The molecule has 0 saturated carbocycles. The molecule has 0 aliphatic carbocycles. The molecule has 0 bridgehead atoms. The van der Waals surface area contributed by atoms with Crippen LogP contribution >= 0.6 is 11.3 Å². The van der Waals surface area contributed by atoms with Crippen LogP contribution in [-0.2, 0) is 13.1 Å². The zero-order valence-electron chi connectivity index (χ0n) is 12.5. The Hall–Kier alpha value is -2.67. The fourth-order valence-corrected chi connectivity index (χ4v) is 2.73. The number of hydrogen-bond acceptors (Lipinski definition) is 4. The number of urea groups is 1. The molecule has 3 aromatic heterocycles. The van der Waals surface area contributed by atoms with Gasteiger partial charge in [-0.1, -0.05) is 6.07 Å². The summed E-state index contributed by atoms with van der Waals surface area (Å²) in [6.07, 6.45) is 5.39. The molecular weight excluding hydrogens is 310 g/mol. The van der Waals surface area contributed by atoms with Crippen molar-refractivity contribution in [2.75, 3.05) is 6.54 Å². The number of nitrogens with zero attached hydrogens (tertiary/aromatic N) is 3. The van der Waals surface area contributed by atoms with Crippen molar-refractivity contribution >= 4 is 17.4 Å². The summed E-state index contributed by atoms with van der Waals surface area (Å²) in [5, 5.41) is 12.1. The Bertz CT molecular complexity index is 739. The largest absolute Gasteiger partial charge is 0.336 e. The smallest absolute Gasteiger partial charge is 0.315 e. The highest BCUT2D eigenvalue weighted by Gasteiger charge is 2.03. The number of nitrogens with one attached hydrogen (secondary N) is 2. The quantitative estimate of drug-likeness (QED) is 0.731. The molecule has 0 aliphatic heterocycles. The zero-order valence-corrected chi connectivity index (χ0v) is 13.3. The topological polar surface area (TPSA) is 71.8 Å². The molecule has 2 amide bonds. The minimum absolute atomic E-state index is 0.167. The molecule has 3 heterocycles. The van der Waals surface area contributed by atoms with E-state index in [1.165, 1.54) is 0 Å². The number of pyridine rings is 1. The van der Waals surface area contributed by atoms with Crippen LogP contribution in [0.1, 0.15) is 4.88 Å². The van der Waals surface area contributed by atoms with Crippen LogP contribution in [0, 0.1) is 0 Å². The van der Waals surface area contributed by atoms with E-state index in [1.807, 2.05) is 46.6 Å². The molecule has 0 aromatic carbocycles. The second-order valence-corrected chi connectivity index (χ2v) is 5.92. The number of carbonyl (C=O) groups is 1. The molecule has 3 aromatic rings. The number of rotatable bonds is 6. The van der Waals surface area contributed by atoms with Crippen LogP contribution in [0.4, 0.5) is 4.79 Å². The molecule has 6 nitrogen and oxygen atoms in total. The third kappa shape index (κ3) is 4.40. The van der Waals surface area contributed by atoms with Crippen molar-refractivity contribution in [3.63, 3.8) is 0 Å². The Morgan fingerprint density at radius 2 is 2.04 bits per heavy atom. The van der Waals surface area contributed by atoms with Crippen molar-refractivity contribution < 1.29 is 4.79 Å². The lowest BCUT2D eigenvalue weighted by molar-refractivity contribution is 0.240. The Morgan fingerprint density at radius 3 is 2.83 bits per heavy atom. The van der Waals surface area contributed by atoms with Gasteiger partial charge >= 0.3 is 6.03 Å². The van der Waals surface area contributed by atoms with Gasteiger partial charge in [0.05, 0.1) is 18.8 Å². The third-order valence-electron chi connectivity index (χ3n) is 3.25. The van der Waals surface area contributed by atoms with Crippen LogP contribution in [0.15, 0.2) is 54.3 Å². The van der Waals surface area contributed by atoms with Crippen molar-refractivity contribution in [2.24, 2.45) is 0 Å². The highest BCUT2D eigenvalue weighted by atomic mass is 32.1. The van der Waals surface area contributed by atoms with Gasteiger partial charge in [-0.25, -0.2) is 4.79 Å². The van der Waals surface area contributed by atoms with Crippen LogP contribution in [0.25, 0.3) is 11.3 Å². The summed E-state index contributed by atoms with van der Waals surface area (Å²) < 4.78 is 1.81. The molecule has 0 spiro atoms. The van der Waals surface area contributed by atoms with Gasteiger partial charge in [0.25, 0.3) is 0 Å². The van der Waals surface area contributed by atoms with E-state index in [9.17, 15) is 4.79 Å². The van der Waals surface area contributed by atoms with Crippen molar-refractivity contribution in [1.29, 1.82) is 0 Å². The van der Waals surface area contributed by atoms with Crippen LogP contribution in [-0.4, -0.2) is 27.3 Å². The van der Waals surface area contributed by atoms with Crippen LogP contribution in [0.3, 0.4) is 0 Å². The highest BCUT2D eigenvalue weighted by molar-refractivity contribution is 7.09. The second kappa shape index (κ2) is 7.55. The maximum Gasteiger partial charge on any atom is 0.315 e. The summed E-state index contributed by atoms with van der Waals surface area (Å²) in [4.78, 5) is 16.8. The Kier molecular flexibility index (Phi) is 5.00. The van der Waals surface area contributed by atoms with Crippen LogP contribution in [0.2, 0.25) is 0 Å². The maximum atomic E-state index is 11.7. The lowest BCUT2D eigenvalue weighted by Gasteiger charge is -2.06. The molecule has 23 heavy (non-hydrogen) atoms. The Labute approximate surface area is 138 Å². The Balaban J connectivity index is 1.42. The summed E-state index contributed by atoms with van der Waals surface area (Å²) in [5.74, 6) is 0. The molecule has 3 rings (SSSR count). The second-order valence-electron chi connectivity index (χ2n) is 4.89. The van der Waals surface area contributed by atoms with E-state index in [2.05, 4.69) is 20.7 Å². The first kappa shape index (κ1) is 15.2. The summed E-state index contributed by atoms with van der Waals surface area (Å²) in [6, 6.07) is 9.59. The highest BCUT2D eigenvalue weighted by Crippen LogP contribution is 2.14. The lowest BCUT2D eigenvalue weighted by atomic mass is 10.2. The first-order valence-electron chi connectivity index (χ1n) is 7.29. The van der Waals surface area contributed by atoms with Crippen LogP contribution in [0.5, 0.6) is 0 Å². The monoisotopic (exact) mass is 327 g/mol. The predicted molar refractivity (Wildman–Crippen MR) is 90.0 cm³/mol. The number of aromatic nitrogens is 3. The minimum atomic E-state index is -0.167. The van der Waals surface area contributed by atoms with Crippen LogP contribution < -0.4 is 10.6 Å². The predicted octanol–water partition coefficient (Wildman–Crippen LogP) is 2.51. The van der Waals surface area contributed by atoms with Crippen molar-refractivity contribution in [3.05, 3.63) is 59.2 Å². The molecule has 2 N–H and O–H groups in total. The standard InChI is InChI=1S/C16H17N5OS/c22-16(19-12-14-2-1-11-23-14)18-8-10-21-9-5-15(20-21)13-3-6-17-7-4-13/h1-7,9,11H,8,10,12H2,(H2,18,19,22). The number of hydrogen-bond donors (Lipinski definition) is 2. The van der Waals surface area contributed by atoms with Crippen molar-refractivity contribution in [1.82, 2.24) is 25.4 Å². The molecule has 0 radical (unpaired) electrons. The van der Waals surface area contributed by atoms with Gasteiger partial charge in [0.1, 0.15) is 0 Å². The normalized spacial score (nSPS) is 10.4. The van der Waals surface area contributed by atoms with E-state index in [-0.39, 0.29) is 6.03 Å². The van der Waals surface area contributed by atoms with E-state index in [4.69, 9.17) is 0 Å². The molecule has 0 saturated heterocycles. The average Bonchev–Trinajstić information content (AvgIpc) is 3.26. The molecule has 118 valence electrons. The van der Waals surface area contributed by atoms with Gasteiger partial charge in [-0.2, -0.15) is 5.10 Å². The molecule has 0 fully saturated rings. The number of amides is 2. The summed E-state index contributed by atoms with van der Waals surface area (Å²) in [7, 11) is 0. The van der Waals surface area contributed by atoms with Crippen molar-refractivity contribution in [2.45, 2.75) is 13.1 Å². The van der Waals surface area contributed by atoms with Gasteiger partial charge in [0.2, 0.25) is 0 Å². The van der Waals surface area contributed by atoms with Gasteiger partial charge in [-0.3, -0.25) is 9.67 Å². The van der Waals surface area contributed by atoms with E-state index >= 15 is 0 Å². The fourth-order valence-electron chi connectivity index (χ4n) is 2.09. The number of thiophene rings is 1. The fraction of sp³-hybridized carbons (Fsp3) is 0.188. The SMILES string of the molecule is O=C(NCCn1ccc(-c2ccncc2)n1)NCc1cccs1. The first-order valence-corrected chi connectivity index (χ1v) is 8.17. The summed E-state index contributed by atoms with van der Waals surface area (Å²) >= 11 is 1.63. The van der Waals surface area contributed by atoms with Gasteiger partial charge < -0.3 is 10.6 Å². The van der Waals surface area contributed by atoms with E-state index in [0.717, 1.165) is 16.1 Å². The minimum Gasteiger partial charge on any atom is -0.336 e. The molecular formula is C16H17N5OS.